The van der Waals surface area contributed by atoms with E-state index >= 15 is 0 Å². The standard InChI is InChI=1S/C27H19Cl3N2O2S/c28-18-8-4-9-20(14-18)32-27(34)25(17-6-2-1-3-7-17)35-22-11-5-10-21(16-22)31-26(33)23-13-12-19(29)15-24(23)30/h1-16,25H,(H,31,33)(H,32,34). The fourth-order valence-electron chi connectivity index (χ4n) is 3.33. The number of carbonyl (C=O) groups is 2. The van der Waals surface area contributed by atoms with Crippen LogP contribution in [0.2, 0.25) is 15.1 Å². The third kappa shape index (κ3) is 6.80. The molecule has 2 amide bonds. The van der Waals surface area contributed by atoms with Crippen LogP contribution in [-0.2, 0) is 4.79 Å². The lowest BCUT2D eigenvalue weighted by molar-refractivity contribution is -0.115. The van der Waals surface area contributed by atoms with E-state index in [2.05, 4.69) is 10.6 Å². The van der Waals surface area contributed by atoms with Crippen molar-refractivity contribution in [1.82, 2.24) is 0 Å². The van der Waals surface area contributed by atoms with Gasteiger partial charge in [-0.05, 0) is 60.2 Å². The van der Waals surface area contributed by atoms with Crippen molar-refractivity contribution < 1.29 is 9.59 Å². The second-order valence-electron chi connectivity index (χ2n) is 7.51. The van der Waals surface area contributed by atoms with Gasteiger partial charge in [-0.2, -0.15) is 0 Å². The number of thioether (sulfide) groups is 1. The number of nitrogens with one attached hydrogen (secondary N) is 2. The molecule has 0 saturated carbocycles. The third-order valence-electron chi connectivity index (χ3n) is 4.95. The van der Waals surface area contributed by atoms with Gasteiger partial charge in [-0.3, -0.25) is 9.59 Å². The molecule has 0 bridgehead atoms. The Morgan fingerprint density at radius 2 is 1.37 bits per heavy atom. The highest BCUT2D eigenvalue weighted by atomic mass is 35.5. The first-order valence-electron chi connectivity index (χ1n) is 10.5. The molecule has 4 rings (SSSR count). The lowest BCUT2D eigenvalue weighted by Gasteiger charge is -2.18. The van der Waals surface area contributed by atoms with Gasteiger partial charge in [-0.15, -0.1) is 11.8 Å². The topological polar surface area (TPSA) is 58.2 Å². The molecule has 8 heteroatoms. The van der Waals surface area contributed by atoms with E-state index in [1.165, 1.54) is 17.8 Å². The van der Waals surface area contributed by atoms with Crippen LogP contribution in [-0.4, -0.2) is 11.8 Å². The SMILES string of the molecule is O=C(Nc1cccc(SC(C(=O)Nc2cccc(Cl)c2)c2ccccc2)c1)c1ccc(Cl)cc1Cl. The molecule has 0 aliphatic rings. The Bertz CT molecular complexity index is 1370. The Hall–Kier alpha value is -2.96. The number of hydrogen-bond donors (Lipinski definition) is 2. The Balaban J connectivity index is 1.55. The molecule has 0 radical (unpaired) electrons. The van der Waals surface area contributed by atoms with E-state index in [0.29, 0.717) is 27.0 Å². The van der Waals surface area contributed by atoms with Crippen LogP contribution < -0.4 is 10.6 Å². The predicted octanol–water partition coefficient (Wildman–Crippen LogP) is 8.37. The van der Waals surface area contributed by atoms with Gasteiger partial charge in [-0.1, -0.05) is 77.3 Å². The molecular formula is C27H19Cl3N2O2S. The molecule has 0 fully saturated rings. The van der Waals surface area contributed by atoms with Crippen LogP contribution in [0.15, 0.2) is 102 Å². The second-order valence-corrected chi connectivity index (χ2v) is 9.97. The van der Waals surface area contributed by atoms with Crippen molar-refractivity contribution in [3.05, 3.63) is 123 Å². The summed E-state index contributed by atoms with van der Waals surface area (Å²) in [6.45, 7) is 0. The molecule has 35 heavy (non-hydrogen) atoms. The van der Waals surface area contributed by atoms with Gasteiger partial charge >= 0.3 is 0 Å². The Morgan fingerprint density at radius 1 is 0.686 bits per heavy atom. The van der Waals surface area contributed by atoms with Crippen LogP contribution in [0.4, 0.5) is 11.4 Å². The molecule has 1 atom stereocenters. The molecule has 4 aromatic rings. The van der Waals surface area contributed by atoms with Crippen molar-refractivity contribution in [2.75, 3.05) is 10.6 Å². The van der Waals surface area contributed by atoms with Crippen LogP contribution in [0, 0.1) is 0 Å². The Morgan fingerprint density at radius 3 is 2.09 bits per heavy atom. The smallest absolute Gasteiger partial charge is 0.257 e. The van der Waals surface area contributed by atoms with Gasteiger partial charge in [-0.25, -0.2) is 0 Å². The third-order valence-corrected chi connectivity index (χ3v) is 6.99. The summed E-state index contributed by atoms with van der Waals surface area (Å²) in [7, 11) is 0. The molecule has 176 valence electrons. The van der Waals surface area contributed by atoms with Gasteiger partial charge in [0.1, 0.15) is 5.25 Å². The maximum atomic E-state index is 13.3. The molecule has 4 aromatic carbocycles. The molecule has 0 spiro atoms. The van der Waals surface area contributed by atoms with E-state index in [1.807, 2.05) is 48.5 Å². The van der Waals surface area contributed by atoms with Gasteiger partial charge in [0, 0.05) is 26.3 Å². The van der Waals surface area contributed by atoms with Crippen LogP contribution in [0.25, 0.3) is 0 Å². The average Bonchev–Trinajstić information content (AvgIpc) is 2.83. The van der Waals surface area contributed by atoms with E-state index in [-0.39, 0.29) is 16.8 Å². The molecule has 2 N–H and O–H groups in total. The van der Waals surface area contributed by atoms with Crippen LogP contribution in [0.1, 0.15) is 21.2 Å². The van der Waals surface area contributed by atoms with E-state index in [0.717, 1.165) is 10.5 Å². The zero-order valence-corrected chi connectivity index (χ0v) is 21.3. The first-order valence-corrected chi connectivity index (χ1v) is 12.5. The van der Waals surface area contributed by atoms with Gasteiger partial charge in [0.05, 0.1) is 10.6 Å². The van der Waals surface area contributed by atoms with Gasteiger partial charge < -0.3 is 10.6 Å². The zero-order chi connectivity index (χ0) is 24.8. The average molecular weight is 542 g/mol. The van der Waals surface area contributed by atoms with Crippen molar-refractivity contribution >= 4 is 69.8 Å². The fraction of sp³-hybridized carbons (Fsp3) is 0.0370. The summed E-state index contributed by atoms with van der Waals surface area (Å²) < 4.78 is 0. The highest BCUT2D eigenvalue weighted by Crippen LogP contribution is 2.37. The number of benzene rings is 4. The maximum Gasteiger partial charge on any atom is 0.257 e. The first-order chi connectivity index (χ1) is 16.9. The highest BCUT2D eigenvalue weighted by molar-refractivity contribution is 8.00. The summed E-state index contributed by atoms with van der Waals surface area (Å²) in [4.78, 5) is 26.8. The molecule has 0 heterocycles. The summed E-state index contributed by atoms with van der Waals surface area (Å²) >= 11 is 19.5. The number of amides is 2. The summed E-state index contributed by atoms with van der Waals surface area (Å²) in [5.74, 6) is -0.544. The number of hydrogen-bond acceptors (Lipinski definition) is 3. The summed E-state index contributed by atoms with van der Waals surface area (Å²) in [5, 5.41) is 6.51. The van der Waals surface area contributed by atoms with E-state index in [1.54, 1.807) is 42.5 Å². The van der Waals surface area contributed by atoms with E-state index < -0.39 is 5.25 Å². The molecule has 0 aromatic heterocycles. The predicted molar refractivity (Wildman–Crippen MR) is 146 cm³/mol. The minimum Gasteiger partial charge on any atom is -0.325 e. The van der Waals surface area contributed by atoms with E-state index in [9.17, 15) is 9.59 Å². The summed E-state index contributed by atoms with van der Waals surface area (Å²) in [6, 6.07) is 28.5. The Labute approximate surface area is 222 Å². The van der Waals surface area contributed by atoms with Gasteiger partial charge in [0.25, 0.3) is 5.91 Å². The monoisotopic (exact) mass is 540 g/mol. The largest absolute Gasteiger partial charge is 0.325 e. The van der Waals surface area contributed by atoms with Crippen LogP contribution >= 0.6 is 46.6 Å². The molecule has 0 aliphatic carbocycles. The molecular weight excluding hydrogens is 523 g/mol. The van der Waals surface area contributed by atoms with Crippen LogP contribution in [0.5, 0.6) is 0 Å². The normalized spacial score (nSPS) is 11.5. The number of halogens is 3. The molecule has 0 aliphatic heterocycles. The highest BCUT2D eigenvalue weighted by Gasteiger charge is 2.22. The Kier molecular flexibility index (Phi) is 8.37. The van der Waals surface area contributed by atoms with Crippen molar-refractivity contribution in [3.8, 4) is 0 Å². The van der Waals surface area contributed by atoms with Gasteiger partial charge in [0.2, 0.25) is 5.91 Å². The first kappa shape index (κ1) is 25.1. The molecule has 0 saturated heterocycles. The summed E-state index contributed by atoms with van der Waals surface area (Å²) in [5.41, 5.74) is 2.36. The lowest BCUT2D eigenvalue weighted by atomic mass is 10.1. The number of rotatable bonds is 7. The molecule has 4 nitrogen and oxygen atoms in total. The minimum absolute atomic E-state index is 0.189. The summed E-state index contributed by atoms with van der Waals surface area (Å²) in [6.07, 6.45) is 0. The number of anilines is 2. The molecule has 1 unspecified atom stereocenters. The minimum atomic E-state index is -0.535. The number of carbonyl (C=O) groups excluding carboxylic acids is 2. The van der Waals surface area contributed by atoms with Crippen molar-refractivity contribution in [2.24, 2.45) is 0 Å². The van der Waals surface area contributed by atoms with Gasteiger partial charge in [0.15, 0.2) is 0 Å². The second kappa shape index (κ2) is 11.6. The zero-order valence-electron chi connectivity index (χ0n) is 18.2. The van der Waals surface area contributed by atoms with E-state index in [4.69, 9.17) is 34.8 Å². The van der Waals surface area contributed by atoms with Crippen LogP contribution in [0.3, 0.4) is 0 Å². The lowest BCUT2D eigenvalue weighted by Crippen LogP contribution is -2.19. The van der Waals surface area contributed by atoms with Crippen molar-refractivity contribution in [1.29, 1.82) is 0 Å². The fourth-order valence-corrected chi connectivity index (χ4v) is 5.10. The van der Waals surface area contributed by atoms with Crippen molar-refractivity contribution in [3.63, 3.8) is 0 Å². The van der Waals surface area contributed by atoms with Crippen molar-refractivity contribution in [2.45, 2.75) is 10.1 Å². The quantitative estimate of drug-likeness (QED) is 0.231. The maximum absolute atomic E-state index is 13.3.